The normalized spacial score (nSPS) is 10.0. The first kappa shape index (κ1) is 47.9. The summed E-state index contributed by atoms with van der Waals surface area (Å²) in [7, 11) is 9.44. The number of nitrogens with zero attached hydrogens (tertiary/aromatic N) is 3. The van der Waals surface area contributed by atoms with Crippen molar-refractivity contribution in [2.75, 3.05) is 101 Å². The van der Waals surface area contributed by atoms with Gasteiger partial charge in [-0.15, -0.1) is 0 Å². The fourth-order valence-electron chi connectivity index (χ4n) is 2.49. The molecular formula is C27H63N6O9P. The average molecular weight is 647 g/mol. The van der Waals surface area contributed by atoms with Crippen LogP contribution in [-0.2, 0) is 14.2 Å². The molecule has 0 aliphatic carbocycles. The molecule has 0 aliphatic heterocycles. The molecule has 0 heterocycles. The zero-order valence-electron chi connectivity index (χ0n) is 28.2. The van der Waals surface area contributed by atoms with E-state index in [0.29, 0.717) is 39.5 Å². The lowest BCUT2D eigenvalue weighted by atomic mass is 10.4. The van der Waals surface area contributed by atoms with E-state index >= 15 is 0 Å². The largest absolute Gasteiger partial charge is 0.450 e. The van der Waals surface area contributed by atoms with Gasteiger partial charge in [0.2, 0.25) is 0 Å². The van der Waals surface area contributed by atoms with Gasteiger partial charge in [-0.3, -0.25) is 0 Å². The van der Waals surface area contributed by atoms with Gasteiger partial charge in [0.25, 0.3) is 0 Å². The maximum absolute atomic E-state index is 10.9. The molecule has 0 aromatic carbocycles. The summed E-state index contributed by atoms with van der Waals surface area (Å²) < 4.78 is 14.5. The van der Waals surface area contributed by atoms with Crippen LogP contribution in [0.4, 0.5) is 14.4 Å². The topological polar surface area (TPSA) is 185 Å². The number of alkyl carbamates (subject to hydrolysis) is 3. The van der Waals surface area contributed by atoms with Gasteiger partial charge in [-0.05, 0) is 100 Å². The third-order valence-electron chi connectivity index (χ3n) is 4.47. The van der Waals surface area contributed by atoms with E-state index in [1.807, 2.05) is 63.1 Å². The summed E-state index contributed by atoms with van der Waals surface area (Å²) >= 11 is 0. The number of rotatable bonds is 18. The Morgan fingerprint density at radius 1 is 0.535 bits per heavy atom. The van der Waals surface area contributed by atoms with Gasteiger partial charge in [0.05, 0.1) is 19.8 Å². The van der Waals surface area contributed by atoms with Crippen molar-refractivity contribution in [1.82, 2.24) is 30.7 Å². The maximum atomic E-state index is 10.9. The number of carbonyl (C=O) groups excluding carboxylic acids is 3. The highest BCUT2D eigenvalue weighted by atomic mass is 31.2. The molecule has 15 nitrogen and oxygen atoms in total. The second-order valence-corrected chi connectivity index (χ2v) is 10.5. The Bertz CT molecular complexity index is 541. The lowest BCUT2D eigenvalue weighted by Crippen LogP contribution is -2.27. The van der Waals surface area contributed by atoms with Gasteiger partial charge in [0.15, 0.2) is 0 Å². The molecule has 0 fully saturated rings. The van der Waals surface area contributed by atoms with Crippen molar-refractivity contribution < 1.29 is 43.3 Å². The van der Waals surface area contributed by atoms with Crippen LogP contribution >= 0.6 is 8.60 Å². The first-order chi connectivity index (χ1) is 20.2. The zero-order chi connectivity index (χ0) is 33.9. The number of amides is 3. The molecule has 0 saturated heterocycles. The van der Waals surface area contributed by atoms with Gasteiger partial charge in [0.1, 0.15) is 0 Å². The third kappa shape index (κ3) is 60.1. The van der Waals surface area contributed by atoms with Crippen LogP contribution in [0.15, 0.2) is 0 Å². The summed E-state index contributed by atoms with van der Waals surface area (Å²) in [5.41, 5.74) is 0. The third-order valence-corrected chi connectivity index (χ3v) is 4.47. The van der Waals surface area contributed by atoms with Crippen molar-refractivity contribution in [3.05, 3.63) is 0 Å². The molecule has 260 valence electrons. The predicted octanol–water partition coefficient (Wildman–Crippen LogP) is 2.41. The van der Waals surface area contributed by atoms with E-state index in [2.05, 4.69) is 30.7 Å². The quantitative estimate of drug-likeness (QED) is 0.0727. The summed E-state index contributed by atoms with van der Waals surface area (Å²) in [6.45, 7) is 12.4. The molecular weight excluding hydrogens is 583 g/mol. The molecule has 0 radical (unpaired) electrons. The van der Waals surface area contributed by atoms with Crippen LogP contribution in [0.3, 0.4) is 0 Å². The lowest BCUT2D eigenvalue weighted by molar-refractivity contribution is 0.145. The van der Waals surface area contributed by atoms with Gasteiger partial charge in [0, 0.05) is 19.6 Å². The molecule has 0 spiro atoms. The molecule has 43 heavy (non-hydrogen) atoms. The van der Waals surface area contributed by atoms with Crippen LogP contribution in [0.2, 0.25) is 0 Å². The van der Waals surface area contributed by atoms with E-state index in [9.17, 15) is 14.4 Å². The van der Waals surface area contributed by atoms with Crippen molar-refractivity contribution in [2.24, 2.45) is 0 Å². The highest BCUT2D eigenvalue weighted by Crippen LogP contribution is 2.11. The summed E-state index contributed by atoms with van der Waals surface area (Å²) in [4.78, 5) is 60.6. The summed E-state index contributed by atoms with van der Waals surface area (Å²) in [6, 6.07) is 0. The van der Waals surface area contributed by atoms with E-state index in [0.717, 1.165) is 58.2 Å². The molecule has 0 aromatic rings. The predicted molar refractivity (Wildman–Crippen MR) is 172 cm³/mol. The first-order valence-corrected chi connectivity index (χ1v) is 16.0. The second kappa shape index (κ2) is 38.0. The maximum Gasteiger partial charge on any atom is 0.407 e. The highest BCUT2D eigenvalue weighted by molar-refractivity contribution is 7.38. The second-order valence-electron chi connectivity index (χ2n) is 9.93. The van der Waals surface area contributed by atoms with Crippen LogP contribution in [0.5, 0.6) is 0 Å². The number of nitrogens with one attached hydrogen (secondary N) is 3. The molecule has 0 atom stereocenters. The van der Waals surface area contributed by atoms with E-state index in [1.54, 1.807) is 0 Å². The summed E-state index contributed by atoms with van der Waals surface area (Å²) in [5.74, 6) is 0. The fraction of sp³-hybridized carbons (Fsp3) is 0.889. The van der Waals surface area contributed by atoms with Crippen LogP contribution in [0.25, 0.3) is 0 Å². The molecule has 0 rings (SSSR count). The Kier molecular flexibility index (Phi) is 42.4. The van der Waals surface area contributed by atoms with E-state index in [-0.39, 0.29) is 18.3 Å². The number of hydrogen-bond donors (Lipinski definition) is 6. The smallest absolute Gasteiger partial charge is 0.407 e. The van der Waals surface area contributed by atoms with Crippen molar-refractivity contribution in [3.8, 4) is 0 Å². The van der Waals surface area contributed by atoms with Crippen LogP contribution in [-0.4, -0.2) is 149 Å². The highest BCUT2D eigenvalue weighted by Gasteiger charge is 2.01. The number of ether oxygens (including phenoxy) is 3. The minimum absolute atomic E-state index is 0.305. The summed E-state index contributed by atoms with van der Waals surface area (Å²) in [5, 5.41) is 8.06. The molecule has 0 saturated carbocycles. The monoisotopic (exact) mass is 646 g/mol. The Hall–Kier alpha value is -2.00. The van der Waals surface area contributed by atoms with Gasteiger partial charge < -0.3 is 59.5 Å². The van der Waals surface area contributed by atoms with Crippen molar-refractivity contribution in [1.29, 1.82) is 0 Å². The molecule has 16 heteroatoms. The van der Waals surface area contributed by atoms with Crippen LogP contribution in [0, 0.1) is 0 Å². The van der Waals surface area contributed by atoms with Gasteiger partial charge in [-0.2, -0.15) is 0 Å². The Balaban J connectivity index is -0.000000249. The Morgan fingerprint density at radius 3 is 0.907 bits per heavy atom. The standard InChI is InChI=1S/3C9H20N2O2.H3O3P/c3*1-4-8-13-9(12)10-6-5-7-11(2)3;1-4(2)3/h3*4-8H2,1-3H3,(H,10,12);1-3H. The van der Waals surface area contributed by atoms with E-state index in [4.69, 9.17) is 28.9 Å². The molecule has 3 amide bonds. The van der Waals surface area contributed by atoms with Gasteiger partial charge in [-0.1, -0.05) is 20.8 Å². The zero-order valence-corrected chi connectivity index (χ0v) is 29.1. The first-order valence-electron chi connectivity index (χ1n) is 14.8. The van der Waals surface area contributed by atoms with Crippen molar-refractivity contribution >= 4 is 26.9 Å². The molecule has 0 aliphatic rings. The lowest BCUT2D eigenvalue weighted by Gasteiger charge is -2.09. The van der Waals surface area contributed by atoms with Crippen molar-refractivity contribution in [2.45, 2.75) is 59.3 Å². The molecule has 6 N–H and O–H groups in total. The fourth-order valence-corrected chi connectivity index (χ4v) is 2.49. The number of carbonyl (C=O) groups is 3. The Morgan fingerprint density at radius 2 is 0.744 bits per heavy atom. The van der Waals surface area contributed by atoms with Crippen LogP contribution < -0.4 is 16.0 Å². The minimum Gasteiger partial charge on any atom is -0.450 e. The number of hydrogen-bond acceptors (Lipinski definition) is 12. The average Bonchev–Trinajstić information content (AvgIpc) is 2.92. The minimum atomic E-state index is -2.62. The Labute approximate surface area is 261 Å². The molecule has 0 unspecified atom stereocenters. The van der Waals surface area contributed by atoms with Gasteiger partial charge >= 0.3 is 26.9 Å². The van der Waals surface area contributed by atoms with E-state index < -0.39 is 8.60 Å². The SMILES string of the molecule is CCCOC(=O)NCCCN(C)C.CCCOC(=O)NCCCN(C)C.CCCOC(=O)NCCCN(C)C.OP(O)O. The van der Waals surface area contributed by atoms with Crippen LogP contribution in [0.1, 0.15) is 59.3 Å². The molecule has 0 bridgehead atoms. The summed E-state index contributed by atoms with van der Waals surface area (Å²) in [6.07, 6.45) is 4.54. The molecule has 0 aromatic heterocycles. The van der Waals surface area contributed by atoms with Gasteiger partial charge in [-0.25, -0.2) is 14.4 Å². The van der Waals surface area contributed by atoms with Crippen molar-refractivity contribution in [3.63, 3.8) is 0 Å². The van der Waals surface area contributed by atoms with E-state index in [1.165, 1.54) is 0 Å².